The van der Waals surface area contributed by atoms with Gasteiger partial charge in [-0.15, -0.1) is 0 Å². The highest BCUT2D eigenvalue weighted by molar-refractivity contribution is 7.98. The van der Waals surface area contributed by atoms with Gasteiger partial charge >= 0.3 is 6.18 Å². The van der Waals surface area contributed by atoms with E-state index in [2.05, 4.69) is 17.4 Å². The van der Waals surface area contributed by atoms with Gasteiger partial charge in [0.1, 0.15) is 6.54 Å². The molecular formula is C28H31F3N2O5S2. The van der Waals surface area contributed by atoms with Crippen molar-refractivity contribution in [2.75, 3.05) is 37.4 Å². The third-order valence-corrected chi connectivity index (χ3v) is 8.75. The molecule has 12 heteroatoms. The molecule has 0 bridgehead atoms. The van der Waals surface area contributed by atoms with Crippen LogP contribution in [0, 0.1) is 6.92 Å². The van der Waals surface area contributed by atoms with Gasteiger partial charge in [-0.2, -0.15) is 24.9 Å². The first-order valence-electron chi connectivity index (χ1n) is 12.3. The minimum atomic E-state index is -4.70. The lowest BCUT2D eigenvalue weighted by Gasteiger charge is -2.25. The summed E-state index contributed by atoms with van der Waals surface area (Å²) in [5, 5.41) is 2.67. The number of halogens is 3. The number of aryl methyl sites for hydroxylation is 1. The minimum Gasteiger partial charge on any atom is -0.493 e. The Morgan fingerprint density at radius 2 is 1.68 bits per heavy atom. The Balaban J connectivity index is 1.74. The number of thioether (sulfide) groups is 1. The summed E-state index contributed by atoms with van der Waals surface area (Å²) >= 11 is 1.70. The van der Waals surface area contributed by atoms with Gasteiger partial charge in [0, 0.05) is 18.4 Å². The maximum atomic E-state index is 13.6. The van der Waals surface area contributed by atoms with Crippen molar-refractivity contribution in [2.24, 2.45) is 0 Å². The van der Waals surface area contributed by atoms with Crippen LogP contribution in [0.5, 0.6) is 11.5 Å². The predicted molar refractivity (Wildman–Crippen MR) is 150 cm³/mol. The number of rotatable bonds is 13. The van der Waals surface area contributed by atoms with E-state index in [0.717, 1.165) is 23.6 Å². The van der Waals surface area contributed by atoms with Crippen molar-refractivity contribution in [1.82, 2.24) is 5.32 Å². The quantitative estimate of drug-likeness (QED) is 0.256. The lowest BCUT2D eigenvalue weighted by atomic mass is 10.2. The first kappa shape index (κ1) is 31.2. The largest absolute Gasteiger partial charge is 0.493 e. The van der Waals surface area contributed by atoms with Gasteiger partial charge in [0.05, 0.1) is 30.4 Å². The summed E-state index contributed by atoms with van der Waals surface area (Å²) < 4.78 is 78.5. The summed E-state index contributed by atoms with van der Waals surface area (Å²) in [7, 11) is -1.77. The molecule has 0 fully saturated rings. The number of amides is 1. The topological polar surface area (TPSA) is 84.9 Å². The Bertz CT molecular complexity index is 1400. The molecule has 3 aromatic rings. The molecule has 0 saturated heterocycles. The summed E-state index contributed by atoms with van der Waals surface area (Å²) in [5.74, 6) is 1.31. The standard InChI is InChI=1S/C28H31F3N2O5S2/c1-20-8-10-21(11-9-20)19-39-15-5-14-32-27(34)18-33(23-7-4-6-22(16-23)28(29,30)31)40(35,36)24-12-13-25(37-2)26(17-24)38-3/h4,6-13,16-17H,5,14-15,18-19H2,1-3H3,(H,32,34). The number of ether oxygens (including phenoxy) is 2. The Morgan fingerprint density at radius 3 is 2.33 bits per heavy atom. The van der Waals surface area contributed by atoms with E-state index in [-0.39, 0.29) is 28.6 Å². The van der Waals surface area contributed by atoms with E-state index in [1.807, 2.05) is 19.1 Å². The van der Waals surface area contributed by atoms with Gasteiger partial charge in [-0.1, -0.05) is 35.9 Å². The van der Waals surface area contributed by atoms with Gasteiger partial charge in [-0.3, -0.25) is 9.10 Å². The highest BCUT2D eigenvalue weighted by Crippen LogP contribution is 2.35. The number of sulfonamides is 1. The fraction of sp³-hybridized carbons (Fsp3) is 0.321. The summed E-state index contributed by atoms with van der Waals surface area (Å²) in [5.41, 5.74) is 1.04. The summed E-state index contributed by atoms with van der Waals surface area (Å²) in [6.45, 7) is 1.59. The molecule has 7 nitrogen and oxygen atoms in total. The number of anilines is 1. The van der Waals surface area contributed by atoms with Crippen LogP contribution in [-0.2, 0) is 26.7 Å². The number of nitrogens with zero attached hydrogens (tertiary/aromatic N) is 1. The molecular weight excluding hydrogens is 565 g/mol. The van der Waals surface area contributed by atoms with Crippen LogP contribution in [0.2, 0.25) is 0 Å². The van der Waals surface area contributed by atoms with E-state index in [1.54, 1.807) is 11.8 Å². The Morgan fingerprint density at radius 1 is 0.975 bits per heavy atom. The molecule has 1 N–H and O–H groups in total. The van der Waals surface area contributed by atoms with E-state index >= 15 is 0 Å². The number of benzene rings is 3. The molecule has 0 aliphatic carbocycles. The van der Waals surface area contributed by atoms with Crippen LogP contribution >= 0.6 is 11.8 Å². The van der Waals surface area contributed by atoms with Gasteiger partial charge in [-0.05, 0) is 55.0 Å². The van der Waals surface area contributed by atoms with Crippen LogP contribution < -0.4 is 19.1 Å². The molecule has 0 heterocycles. The average molecular weight is 597 g/mol. The summed E-state index contributed by atoms with van der Waals surface area (Å²) in [4.78, 5) is 12.5. The van der Waals surface area contributed by atoms with Crippen LogP contribution in [0.25, 0.3) is 0 Å². The number of carbonyl (C=O) groups is 1. The van der Waals surface area contributed by atoms with E-state index in [4.69, 9.17) is 9.47 Å². The molecule has 1 amide bonds. The van der Waals surface area contributed by atoms with Crippen LogP contribution in [0.1, 0.15) is 23.1 Å². The fourth-order valence-electron chi connectivity index (χ4n) is 3.72. The van der Waals surface area contributed by atoms with Crippen molar-refractivity contribution in [3.8, 4) is 11.5 Å². The molecule has 0 aliphatic rings. The molecule has 0 atom stereocenters. The SMILES string of the molecule is COc1ccc(S(=O)(=O)N(CC(=O)NCCCSCc2ccc(C)cc2)c2cccc(C(F)(F)F)c2)cc1OC. The zero-order valence-corrected chi connectivity index (χ0v) is 24.0. The molecule has 0 radical (unpaired) electrons. The number of carbonyl (C=O) groups excluding carboxylic acids is 1. The maximum Gasteiger partial charge on any atom is 0.416 e. The lowest BCUT2D eigenvalue weighted by molar-refractivity contribution is -0.137. The van der Waals surface area contributed by atoms with Crippen LogP contribution in [0.15, 0.2) is 71.6 Å². The molecule has 0 spiro atoms. The number of alkyl halides is 3. The van der Waals surface area contributed by atoms with Crippen molar-refractivity contribution in [2.45, 2.75) is 30.2 Å². The molecule has 0 aliphatic heterocycles. The van der Waals surface area contributed by atoms with E-state index < -0.39 is 34.2 Å². The van der Waals surface area contributed by atoms with Gasteiger partial charge in [0.2, 0.25) is 5.91 Å². The molecule has 0 saturated carbocycles. The van der Waals surface area contributed by atoms with Crippen molar-refractivity contribution in [3.05, 3.63) is 83.4 Å². The normalized spacial score (nSPS) is 11.7. The average Bonchev–Trinajstić information content (AvgIpc) is 2.93. The van der Waals surface area contributed by atoms with Crippen LogP contribution in [0.3, 0.4) is 0 Å². The third-order valence-electron chi connectivity index (χ3n) is 5.87. The molecule has 3 rings (SSSR count). The van der Waals surface area contributed by atoms with E-state index in [9.17, 15) is 26.4 Å². The fourth-order valence-corrected chi connectivity index (χ4v) is 6.07. The van der Waals surface area contributed by atoms with E-state index in [1.165, 1.54) is 49.6 Å². The molecule has 0 aromatic heterocycles. The predicted octanol–water partition coefficient (Wildman–Crippen LogP) is 5.67. The first-order valence-corrected chi connectivity index (χ1v) is 14.9. The Kier molecular flexibility index (Phi) is 10.7. The van der Waals surface area contributed by atoms with Gasteiger partial charge in [0.25, 0.3) is 10.0 Å². The molecule has 216 valence electrons. The zero-order valence-electron chi connectivity index (χ0n) is 22.3. The first-order chi connectivity index (χ1) is 19.0. The number of hydrogen-bond acceptors (Lipinski definition) is 6. The monoisotopic (exact) mass is 596 g/mol. The highest BCUT2D eigenvalue weighted by atomic mass is 32.2. The van der Waals surface area contributed by atoms with Crippen molar-refractivity contribution in [3.63, 3.8) is 0 Å². The second-order valence-corrected chi connectivity index (χ2v) is 11.8. The minimum absolute atomic E-state index is 0.111. The van der Waals surface area contributed by atoms with Gasteiger partial charge < -0.3 is 14.8 Å². The molecule has 3 aromatic carbocycles. The van der Waals surface area contributed by atoms with Crippen LogP contribution in [0.4, 0.5) is 18.9 Å². The lowest BCUT2D eigenvalue weighted by Crippen LogP contribution is -2.41. The second-order valence-electron chi connectivity index (χ2n) is 8.82. The van der Waals surface area contributed by atoms with Gasteiger partial charge in [-0.25, -0.2) is 8.42 Å². The van der Waals surface area contributed by atoms with Crippen molar-refractivity contribution in [1.29, 1.82) is 0 Å². The summed E-state index contributed by atoms with van der Waals surface area (Å²) in [6, 6.07) is 15.8. The van der Waals surface area contributed by atoms with Crippen molar-refractivity contribution < 1.29 is 35.9 Å². The number of nitrogens with one attached hydrogen (secondary N) is 1. The van der Waals surface area contributed by atoms with Crippen molar-refractivity contribution >= 4 is 33.4 Å². The summed E-state index contributed by atoms with van der Waals surface area (Å²) in [6.07, 6.45) is -4.07. The molecule has 40 heavy (non-hydrogen) atoms. The molecule has 0 unspecified atom stereocenters. The zero-order chi connectivity index (χ0) is 29.3. The Labute approximate surface area is 236 Å². The second kappa shape index (κ2) is 13.8. The Hall–Kier alpha value is -3.38. The van der Waals surface area contributed by atoms with Gasteiger partial charge in [0.15, 0.2) is 11.5 Å². The third kappa shape index (κ3) is 8.31. The number of hydrogen-bond donors (Lipinski definition) is 1. The van der Waals surface area contributed by atoms with E-state index in [0.29, 0.717) is 16.8 Å². The highest BCUT2D eigenvalue weighted by Gasteiger charge is 2.33. The van der Waals surface area contributed by atoms with Crippen LogP contribution in [-0.4, -0.2) is 47.4 Å². The smallest absolute Gasteiger partial charge is 0.416 e. The maximum absolute atomic E-state index is 13.6. The number of methoxy groups -OCH3 is 2.